The molecule has 0 unspecified atom stereocenters. The molecular formula is C9H14ClNO. The van der Waals surface area contributed by atoms with Crippen LogP contribution in [0.25, 0.3) is 0 Å². The van der Waals surface area contributed by atoms with E-state index >= 15 is 0 Å². The molecule has 1 atom stereocenters. The Morgan fingerprint density at radius 3 is 2.50 bits per heavy atom. The van der Waals surface area contributed by atoms with Gasteiger partial charge in [0.15, 0.2) is 0 Å². The van der Waals surface area contributed by atoms with Gasteiger partial charge in [-0.25, -0.2) is 0 Å². The molecule has 2 nitrogen and oxygen atoms in total. The molecule has 0 heterocycles. The first-order valence-corrected chi connectivity index (χ1v) is 3.79. The topological polar surface area (TPSA) is 46.2 Å². The zero-order chi connectivity index (χ0) is 8.27. The van der Waals surface area contributed by atoms with Crippen LogP contribution in [-0.2, 0) is 0 Å². The summed E-state index contributed by atoms with van der Waals surface area (Å²) in [5.74, 6) is 0.293. The van der Waals surface area contributed by atoms with Crippen molar-refractivity contribution in [2.45, 2.75) is 19.4 Å². The predicted molar refractivity (Wildman–Crippen MR) is 52.6 cm³/mol. The van der Waals surface area contributed by atoms with Gasteiger partial charge in [0.05, 0.1) is 0 Å². The molecule has 3 N–H and O–H groups in total. The Balaban J connectivity index is 0.00000121. The van der Waals surface area contributed by atoms with Gasteiger partial charge in [0.25, 0.3) is 0 Å². The third-order valence-electron chi connectivity index (χ3n) is 1.78. The predicted octanol–water partition coefficient (Wildman–Crippen LogP) is 2.22. The third-order valence-corrected chi connectivity index (χ3v) is 1.78. The summed E-state index contributed by atoms with van der Waals surface area (Å²) in [5.41, 5.74) is 6.56. The lowest BCUT2D eigenvalue weighted by molar-refractivity contribution is 0.460. The number of rotatable bonds is 2. The summed E-state index contributed by atoms with van der Waals surface area (Å²) < 4.78 is 0. The molecule has 0 aliphatic rings. The smallest absolute Gasteiger partial charge is 0.120 e. The maximum atomic E-state index is 9.33. The number of phenolic OH excluding ortho intramolecular Hbond substituents is 1. The summed E-state index contributed by atoms with van der Waals surface area (Å²) in [4.78, 5) is 0. The number of nitrogens with two attached hydrogens (primary N) is 1. The normalized spacial score (nSPS) is 11.8. The summed E-state index contributed by atoms with van der Waals surface area (Å²) in [5, 5.41) is 9.33. The maximum absolute atomic E-state index is 9.33. The highest BCUT2D eigenvalue weighted by molar-refractivity contribution is 5.85. The number of hydrogen-bond donors (Lipinski definition) is 2. The molecule has 0 saturated carbocycles. The molecule has 68 valence electrons. The lowest BCUT2D eigenvalue weighted by Gasteiger charge is -2.09. The van der Waals surface area contributed by atoms with Gasteiger partial charge < -0.3 is 10.8 Å². The molecule has 3 heteroatoms. The van der Waals surface area contributed by atoms with Gasteiger partial charge in [-0.3, -0.25) is 0 Å². The Labute approximate surface area is 78.8 Å². The number of halogens is 1. The van der Waals surface area contributed by atoms with E-state index in [-0.39, 0.29) is 18.4 Å². The molecular weight excluding hydrogens is 174 g/mol. The Morgan fingerprint density at radius 2 is 2.00 bits per heavy atom. The van der Waals surface area contributed by atoms with E-state index < -0.39 is 0 Å². The molecule has 1 aromatic carbocycles. The zero-order valence-corrected chi connectivity index (χ0v) is 7.84. The van der Waals surface area contributed by atoms with E-state index in [2.05, 4.69) is 0 Å². The molecule has 12 heavy (non-hydrogen) atoms. The fourth-order valence-corrected chi connectivity index (χ4v) is 1.02. The van der Waals surface area contributed by atoms with Crippen LogP contribution in [0.15, 0.2) is 24.3 Å². The summed E-state index contributed by atoms with van der Waals surface area (Å²) >= 11 is 0. The first-order chi connectivity index (χ1) is 5.25. The summed E-state index contributed by atoms with van der Waals surface area (Å²) in [6.45, 7) is 2.00. The average molecular weight is 188 g/mol. The van der Waals surface area contributed by atoms with Gasteiger partial charge in [-0.2, -0.15) is 0 Å². The highest BCUT2D eigenvalue weighted by atomic mass is 35.5. The van der Waals surface area contributed by atoms with Gasteiger partial charge in [-0.1, -0.05) is 25.1 Å². The fraction of sp³-hybridized carbons (Fsp3) is 0.333. The van der Waals surface area contributed by atoms with E-state index in [9.17, 15) is 5.11 Å². The van der Waals surface area contributed by atoms with Crippen LogP contribution in [0.4, 0.5) is 0 Å². The molecule has 0 saturated heterocycles. The summed E-state index contributed by atoms with van der Waals surface area (Å²) in [6, 6.07) is 7.14. The molecule has 0 bridgehead atoms. The van der Waals surface area contributed by atoms with Crippen molar-refractivity contribution < 1.29 is 5.11 Å². The van der Waals surface area contributed by atoms with Crippen LogP contribution < -0.4 is 5.73 Å². The van der Waals surface area contributed by atoms with Crippen LogP contribution in [0.3, 0.4) is 0 Å². The van der Waals surface area contributed by atoms with E-state index in [1.165, 1.54) is 0 Å². The third kappa shape index (κ3) is 2.40. The van der Waals surface area contributed by atoms with Crippen molar-refractivity contribution in [2.24, 2.45) is 5.73 Å². The van der Waals surface area contributed by atoms with Crippen molar-refractivity contribution in [1.29, 1.82) is 0 Å². The van der Waals surface area contributed by atoms with Crippen molar-refractivity contribution in [2.75, 3.05) is 0 Å². The SMILES string of the molecule is CC[C@@H](N)c1ccccc1O.Cl. The second-order valence-corrected chi connectivity index (χ2v) is 2.57. The van der Waals surface area contributed by atoms with Gasteiger partial charge >= 0.3 is 0 Å². The zero-order valence-electron chi connectivity index (χ0n) is 7.03. The van der Waals surface area contributed by atoms with Crippen LogP contribution in [0.5, 0.6) is 5.75 Å². The molecule has 0 amide bonds. The average Bonchev–Trinajstić information content (AvgIpc) is 2.04. The lowest BCUT2D eigenvalue weighted by Crippen LogP contribution is -2.08. The van der Waals surface area contributed by atoms with Gasteiger partial charge in [0, 0.05) is 11.6 Å². The maximum Gasteiger partial charge on any atom is 0.120 e. The molecule has 0 aliphatic heterocycles. The first kappa shape index (κ1) is 11.3. The molecule has 0 fully saturated rings. The van der Waals surface area contributed by atoms with Crippen molar-refractivity contribution in [3.8, 4) is 5.75 Å². The largest absolute Gasteiger partial charge is 0.508 e. The van der Waals surface area contributed by atoms with Crippen LogP contribution >= 0.6 is 12.4 Å². The first-order valence-electron chi connectivity index (χ1n) is 3.79. The van der Waals surface area contributed by atoms with Crippen LogP contribution in [0, 0.1) is 0 Å². The van der Waals surface area contributed by atoms with Gasteiger partial charge in [0.1, 0.15) is 5.75 Å². The molecule has 0 aromatic heterocycles. The van der Waals surface area contributed by atoms with Crippen molar-refractivity contribution in [3.63, 3.8) is 0 Å². The monoisotopic (exact) mass is 187 g/mol. The fourth-order valence-electron chi connectivity index (χ4n) is 1.02. The van der Waals surface area contributed by atoms with E-state index in [0.717, 1.165) is 12.0 Å². The standard InChI is InChI=1S/C9H13NO.ClH/c1-2-8(10)7-5-3-4-6-9(7)11;/h3-6,8,11H,2,10H2,1H3;1H/t8-;/m1./s1. The van der Waals surface area contributed by atoms with E-state index in [4.69, 9.17) is 5.73 Å². The van der Waals surface area contributed by atoms with Crippen molar-refractivity contribution in [1.82, 2.24) is 0 Å². The molecule has 0 spiro atoms. The molecule has 1 aromatic rings. The number of hydrogen-bond acceptors (Lipinski definition) is 2. The Bertz CT molecular complexity index is 240. The van der Waals surface area contributed by atoms with Crippen molar-refractivity contribution >= 4 is 12.4 Å². The Hall–Kier alpha value is -0.730. The van der Waals surface area contributed by atoms with E-state index in [0.29, 0.717) is 5.75 Å². The van der Waals surface area contributed by atoms with Crippen LogP contribution in [0.2, 0.25) is 0 Å². The Kier molecular flexibility index (Phi) is 4.71. The summed E-state index contributed by atoms with van der Waals surface area (Å²) in [6.07, 6.45) is 0.845. The second kappa shape index (κ2) is 5.01. The highest BCUT2D eigenvalue weighted by Crippen LogP contribution is 2.23. The minimum atomic E-state index is -0.0452. The number of benzene rings is 1. The van der Waals surface area contributed by atoms with E-state index in [1.54, 1.807) is 12.1 Å². The minimum Gasteiger partial charge on any atom is -0.508 e. The van der Waals surface area contributed by atoms with E-state index in [1.807, 2.05) is 19.1 Å². The van der Waals surface area contributed by atoms with Crippen LogP contribution in [-0.4, -0.2) is 5.11 Å². The Morgan fingerprint density at radius 1 is 1.42 bits per heavy atom. The minimum absolute atomic E-state index is 0. The number of aromatic hydroxyl groups is 1. The molecule has 0 radical (unpaired) electrons. The van der Waals surface area contributed by atoms with Gasteiger partial charge in [0.2, 0.25) is 0 Å². The number of para-hydroxylation sites is 1. The van der Waals surface area contributed by atoms with Gasteiger partial charge in [-0.15, -0.1) is 12.4 Å². The molecule has 1 rings (SSSR count). The highest BCUT2D eigenvalue weighted by Gasteiger charge is 2.06. The quantitative estimate of drug-likeness (QED) is 0.746. The van der Waals surface area contributed by atoms with Crippen molar-refractivity contribution in [3.05, 3.63) is 29.8 Å². The lowest BCUT2D eigenvalue weighted by atomic mass is 10.0. The number of phenols is 1. The molecule has 0 aliphatic carbocycles. The van der Waals surface area contributed by atoms with Gasteiger partial charge in [-0.05, 0) is 12.5 Å². The van der Waals surface area contributed by atoms with Crippen LogP contribution in [0.1, 0.15) is 24.9 Å². The summed E-state index contributed by atoms with van der Waals surface area (Å²) in [7, 11) is 0. The second-order valence-electron chi connectivity index (χ2n) is 2.57.